The van der Waals surface area contributed by atoms with E-state index in [-0.39, 0.29) is 36.3 Å². The Kier molecular flexibility index (Phi) is 5.82. The lowest BCUT2D eigenvalue weighted by Crippen LogP contribution is -2.48. The summed E-state index contributed by atoms with van der Waals surface area (Å²) >= 11 is 0. The summed E-state index contributed by atoms with van der Waals surface area (Å²) in [4.78, 5) is 26.7. The molecule has 0 saturated carbocycles. The maximum atomic E-state index is 12.6. The van der Waals surface area contributed by atoms with Crippen molar-refractivity contribution in [1.82, 2.24) is 10.2 Å². The van der Waals surface area contributed by atoms with E-state index < -0.39 is 0 Å². The maximum Gasteiger partial charge on any atom is 0.223 e. The van der Waals surface area contributed by atoms with Crippen molar-refractivity contribution in [1.29, 1.82) is 0 Å². The molecule has 1 N–H and O–H groups in total. The number of benzene rings is 1. The number of rotatable bonds is 4. The highest BCUT2D eigenvalue weighted by atomic mass is 16.5. The number of morpholine rings is 1. The molecule has 1 spiro atoms. The van der Waals surface area contributed by atoms with Crippen LogP contribution >= 0.6 is 0 Å². The van der Waals surface area contributed by atoms with Gasteiger partial charge in [-0.1, -0.05) is 18.2 Å². The molecule has 2 fully saturated rings. The van der Waals surface area contributed by atoms with Gasteiger partial charge in [0.05, 0.1) is 32.5 Å². The Morgan fingerprint density at radius 2 is 1.75 bits per heavy atom. The van der Waals surface area contributed by atoms with E-state index in [0.717, 1.165) is 30.6 Å². The number of para-hydroxylation sites is 1. The van der Waals surface area contributed by atoms with Crippen LogP contribution in [0.5, 0.6) is 5.75 Å². The lowest BCUT2D eigenvalue weighted by molar-refractivity contribution is -0.137. The molecule has 2 amide bonds. The van der Waals surface area contributed by atoms with E-state index in [1.54, 1.807) is 4.90 Å². The molecular weight excluding hydrogens is 360 g/mol. The first-order valence-electron chi connectivity index (χ1n) is 10.2. The van der Waals surface area contributed by atoms with Crippen LogP contribution < -0.4 is 10.1 Å². The number of nitrogens with one attached hydrogen (secondary N) is 1. The van der Waals surface area contributed by atoms with E-state index in [4.69, 9.17) is 14.2 Å². The highest BCUT2D eigenvalue weighted by Crippen LogP contribution is 2.43. The molecule has 0 aromatic heterocycles. The van der Waals surface area contributed by atoms with Crippen molar-refractivity contribution >= 4 is 11.8 Å². The van der Waals surface area contributed by atoms with Gasteiger partial charge in [-0.3, -0.25) is 9.59 Å². The largest absolute Gasteiger partial charge is 0.487 e. The lowest BCUT2D eigenvalue weighted by Gasteiger charge is -2.44. The van der Waals surface area contributed by atoms with Gasteiger partial charge in [-0.05, 0) is 6.07 Å². The molecule has 1 aromatic carbocycles. The number of fused-ring (bicyclic) bond motifs is 1. The monoisotopic (exact) mass is 388 g/mol. The first-order chi connectivity index (χ1) is 13.7. The fraction of sp³-hybridized carbons (Fsp3) is 0.619. The zero-order valence-corrected chi connectivity index (χ0v) is 16.2. The van der Waals surface area contributed by atoms with Gasteiger partial charge in [-0.15, -0.1) is 0 Å². The first-order valence-corrected chi connectivity index (χ1v) is 10.2. The molecule has 28 heavy (non-hydrogen) atoms. The van der Waals surface area contributed by atoms with E-state index in [0.29, 0.717) is 39.5 Å². The van der Waals surface area contributed by atoms with E-state index in [2.05, 4.69) is 5.32 Å². The summed E-state index contributed by atoms with van der Waals surface area (Å²) in [5, 5.41) is 3.15. The Morgan fingerprint density at radius 3 is 2.54 bits per heavy atom. The molecule has 3 aliphatic rings. The molecule has 7 nitrogen and oxygen atoms in total. The first kappa shape index (κ1) is 19.2. The summed E-state index contributed by atoms with van der Waals surface area (Å²) in [5.41, 5.74) is 0.723. The van der Waals surface area contributed by atoms with Crippen molar-refractivity contribution in [3.63, 3.8) is 0 Å². The molecule has 152 valence electrons. The van der Waals surface area contributed by atoms with Gasteiger partial charge < -0.3 is 24.4 Å². The number of carbonyl (C=O) groups excluding carboxylic acids is 2. The van der Waals surface area contributed by atoms with Gasteiger partial charge in [-0.2, -0.15) is 0 Å². The number of nitrogens with zero attached hydrogens (tertiary/aromatic N) is 1. The number of hydrogen-bond acceptors (Lipinski definition) is 5. The Bertz CT molecular complexity index is 711. The highest BCUT2D eigenvalue weighted by Gasteiger charge is 2.42. The molecular formula is C21H28N2O5. The van der Waals surface area contributed by atoms with Crippen molar-refractivity contribution in [3.05, 3.63) is 29.8 Å². The predicted octanol–water partition coefficient (Wildman–Crippen LogP) is 1.81. The van der Waals surface area contributed by atoms with Gasteiger partial charge >= 0.3 is 0 Å². The normalized spacial score (nSPS) is 23.6. The molecule has 2 saturated heterocycles. The van der Waals surface area contributed by atoms with Crippen LogP contribution in [0.2, 0.25) is 0 Å². The van der Waals surface area contributed by atoms with Gasteiger partial charge in [0.25, 0.3) is 0 Å². The van der Waals surface area contributed by atoms with Gasteiger partial charge in [-0.25, -0.2) is 0 Å². The lowest BCUT2D eigenvalue weighted by atomic mass is 9.82. The fourth-order valence-corrected chi connectivity index (χ4v) is 4.25. The highest BCUT2D eigenvalue weighted by molar-refractivity contribution is 5.84. The average molecular weight is 388 g/mol. The third kappa shape index (κ3) is 4.31. The van der Waals surface area contributed by atoms with Crippen molar-refractivity contribution in [2.24, 2.45) is 0 Å². The molecule has 7 heteroatoms. The molecule has 0 unspecified atom stereocenters. The van der Waals surface area contributed by atoms with Crippen molar-refractivity contribution in [2.45, 2.75) is 43.7 Å². The molecule has 1 atom stereocenters. The molecule has 0 bridgehead atoms. The number of hydrogen-bond donors (Lipinski definition) is 1. The fourth-order valence-electron chi connectivity index (χ4n) is 4.25. The molecule has 0 aliphatic carbocycles. The number of amides is 2. The Hall–Kier alpha value is -2.12. The smallest absolute Gasteiger partial charge is 0.223 e. The van der Waals surface area contributed by atoms with Crippen LogP contribution in [-0.4, -0.2) is 61.8 Å². The zero-order chi connectivity index (χ0) is 19.4. The Balaban J connectivity index is 1.38. The summed E-state index contributed by atoms with van der Waals surface area (Å²) in [5.74, 6) is 0.766. The van der Waals surface area contributed by atoms with Gasteiger partial charge in [0, 0.05) is 50.8 Å². The molecule has 3 aliphatic heterocycles. The van der Waals surface area contributed by atoms with Gasteiger partial charge in [0.2, 0.25) is 11.8 Å². The molecule has 3 heterocycles. The van der Waals surface area contributed by atoms with Crippen LogP contribution in [0.1, 0.15) is 43.7 Å². The summed E-state index contributed by atoms with van der Waals surface area (Å²) in [6.45, 7) is 3.72. The van der Waals surface area contributed by atoms with Crippen LogP contribution in [0.15, 0.2) is 24.3 Å². The van der Waals surface area contributed by atoms with Crippen LogP contribution in [0.4, 0.5) is 0 Å². The van der Waals surface area contributed by atoms with Crippen molar-refractivity contribution in [2.75, 3.05) is 39.5 Å². The predicted molar refractivity (Wildman–Crippen MR) is 102 cm³/mol. The molecule has 1 aromatic rings. The van der Waals surface area contributed by atoms with Crippen LogP contribution in [-0.2, 0) is 19.1 Å². The van der Waals surface area contributed by atoms with Crippen molar-refractivity contribution < 1.29 is 23.8 Å². The minimum absolute atomic E-state index is 0.0201. The van der Waals surface area contributed by atoms with Gasteiger partial charge in [0.15, 0.2) is 0 Å². The SMILES string of the molecule is O=C(CCC(=O)N1CCOCC1)N[C@@H]1CC2(CCOCC2)Oc2ccccc21. The number of ether oxygens (including phenoxy) is 3. The summed E-state index contributed by atoms with van der Waals surface area (Å²) in [6, 6.07) is 7.79. The standard InChI is InChI=1S/C21H28N2O5/c24-19(5-6-20(25)23-9-13-27-14-10-23)22-17-15-21(7-11-26-12-8-21)28-18-4-2-1-3-16(17)18/h1-4,17H,5-15H2,(H,22,24)/t17-/m1/s1. The second-order valence-electron chi connectivity index (χ2n) is 7.75. The minimum atomic E-state index is -0.284. The quantitative estimate of drug-likeness (QED) is 0.851. The van der Waals surface area contributed by atoms with Gasteiger partial charge in [0.1, 0.15) is 11.4 Å². The van der Waals surface area contributed by atoms with E-state index in [9.17, 15) is 9.59 Å². The van der Waals surface area contributed by atoms with Crippen molar-refractivity contribution in [3.8, 4) is 5.75 Å². The zero-order valence-electron chi connectivity index (χ0n) is 16.2. The Labute approximate surface area is 165 Å². The summed E-state index contributed by atoms with van der Waals surface area (Å²) in [6.07, 6.45) is 2.81. The summed E-state index contributed by atoms with van der Waals surface area (Å²) < 4.78 is 17.1. The average Bonchev–Trinajstić information content (AvgIpc) is 2.73. The Morgan fingerprint density at radius 1 is 1.04 bits per heavy atom. The van der Waals surface area contributed by atoms with Crippen LogP contribution in [0.3, 0.4) is 0 Å². The van der Waals surface area contributed by atoms with Crippen LogP contribution in [0, 0.1) is 0 Å². The van der Waals surface area contributed by atoms with E-state index >= 15 is 0 Å². The second-order valence-corrected chi connectivity index (χ2v) is 7.75. The second kappa shape index (κ2) is 8.49. The summed E-state index contributed by atoms with van der Waals surface area (Å²) in [7, 11) is 0. The maximum absolute atomic E-state index is 12.6. The third-order valence-corrected chi connectivity index (χ3v) is 5.87. The number of carbonyl (C=O) groups is 2. The van der Waals surface area contributed by atoms with Crippen LogP contribution in [0.25, 0.3) is 0 Å². The molecule has 4 rings (SSSR count). The topological polar surface area (TPSA) is 77.1 Å². The van der Waals surface area contributed by atoms with E-state index in [1.165, 1.54) is 0 Å². The molecule has 0 radical (unpaired) electrons. The third-order valence-electron chi connectivity index (χ3n) is 5.87. The minimum Gasteiger partial charge on any atom is -0.487 e. The van der Waals surface area contributed by atoms with E-state index in [1.807, 2.05) is 24.3 Å².